The molecule has 0 fully saturated rings. The minimum atomic E-state index is 0.569. The van der Waals surface area contributed by atoms with Crippen LogP contribution in [0.3, 0.4) is 0 Å². The van der Waals surface area contributed by atoms with Crippen molar-refractivity contribution in [2.45, 2.75) is 33.4 Å². The Hall–Kier alpha value is -2.39. The molecular weight excluding hydrogens is 306 g/mol. The summed E-state index contributed by atoms with van der Waals surface area (Å²) in [6, 6.07) is 9.60. The summed E-state index contributed by atoms with van der Waals surface area (Å²) in [6.45, 7) is 6.21. The Balaban J connectivity index is 1.94. The third kappa shape index (κ3) is 5.38. The van der Waals surface area contributed by atoms with Crippen LogP contribution in [0.4, 0.5) is 0 Å². The van der Waals surface area contributed by atoms with Gasteiger partial charge in [-0.2, -0.15) is 5.26 Å². The van der Waals surface area contributed by atoms with E-state index in [4.69, 9.17) is 5.26 Å². The van der Waals surface area contributed by atoms with Gasteiger partial charge in [0.15, 0.2) is 5.96 Å². The van der Waals surface area contributed by atoms with E-state index >= 15 is 0 Å². The Morgan fingerprint density at radius 3 is 2.65 bits per heavy atom. The molecule has 6 heteroatoms. The van der Waals surface area contributed by atoms with E-state index in [0.29, 0.717) is 18.7 Å². The van der Waals surface area contributed by atoms with Gasteiger partial charge in [-0.05, 0) is 31.0 Å². The van der Waals surface area contributed by atoms with Crippen molar-refractivity contribution in [1.82, 2.24) is 15.6 Å². The fraction of sp³-hybridized carbons (Fsp3) is 0.353. The molecule has 0 aliphatic carbocycles. The largest absolute Gasteiger partial charge is 0.357 e. The zero-order valence-corrected chi connectivity index (χ0v) is 14.3. The van der Waals surface area contributed by atoms with Gasteiger partial charge in [0.25, 0.3) is 0 Å². The van der Waals surface area contributed by atoms with Gasteiger partial charge in [-0.25, -0.2) is 9.98 Å². The number of hydrogen-bond donors (Lipinski definition) is 2. The molecule has 120 valence electrons. The fourth-order valence-electron chi connectivity index (χ4n) is 1.95. The summed E-state index contributed by atoms with van der Waals surface area (Å²) < 4.78 is 0. The summed E-state index contributed by atoms with van der Waals surface area (Å²) >= 11 is 1.72. The van der Waals surface area contributed by atoms with Crippen LogP contribution in [0.15, 0.2) is 35.5 Å². The molecule has 1 heterocycles. The Morgan fingerprint density at radius 1 is 1.26 bits per heavy atom. The molecule has 2 N–H and O–H groups in total. The summed E-state index contributed by atoms with van der Waals surface area (Å²) in [4.78, 5) is 10.3. The summed E-state index contributed by atoms with van der Waals surface area (Å²) in [6.07, 6.45) is 2.95. The molecule has 0 aliphatic rings. The predicted octanol–water partition coefficient (Wildman–Crippen LogP) is 2.83. The van der Waals surface area contributed by atoms with Gasteiger partial charge in [-0.15, -0.1) is 11.3 Å². The minimum absolute atomic E-state index is 0.569. The van der Waals surface area contributed by atoms with E-state index in [9.17, 15) is 0 Å². The Kier molecular flexibility index (Phi) is 6.57. The molecule has 0 aliphatic heterocycles. The maximum atomic E-state index is 8.81. The molecule has 0 amide bonds. The van der Waals surface area contributed by atoms with Crippen LogP contribution in [0.2, 0.25) is 0 Å². The number of nitrogens with zero attached hydrogens (tertiary/aromatic N) is 3. The maximum Gasteiger partial charge on any atom is 0.191 e. The predicted molar refractivity (Wildman–Crippen MR) is 94.3 cm³/mol. The zero-order valence-electron chi connectivity index (χ0n) is 13.5. The van der Waals surface area contributed by atoms with E-state index in [1.54, 1.807) is 11.3 Å². The first-order valence-electron chi connectivity index (χ1n) is 7.70. The topological polar surface area (TPSA) is 73.1 Å². The van der Waals surface area contributed by atoms with E-state index in [2.05, 4.69) is 33.6 Å². The molecular formula is C17H21N5S. The fourth-order valence-corrected chi connectivity index (χ4v) is 2.75. The normalized spacial score (nSPS) is 11.1. The number of aryl methyl sites for hydroxylation is 1. The van der Waals surface area contributed by atoms with E-state index < -0.39 is 0 Å². The minimum Gasteiger partial charge on any atom is -0.357 e. The molecule has 0 saturated carbocycles. The quantitative estimate of drug-likeness (QED) is 0.632. The van der Waals surface area contributed by atoms with Crippen LogP contribution < -0.4 is 10.6 Å². The van der Waals surface area contributed by atoms with Crippen molar-refractivity contribution in [1.29, 1.82) is 5.26 Å². The van der Waals surface area contributed by atoms with Gasteiger partial charge < -0.3 is 10.6 Å². The summed E-state index contributed by atoms with van der Waals surface area (Å²) in [5, 5.41) is 16.4. The average molecular weight is 327 g/mol. The second kappa shape index (κ2) is 8.91. The molecule has 0 unspecified atom stereocenters. The van der Waals surface area contributed by atoms with Crippen LogP contribution in [0.1, 0.15) is 34.9 Å². The number of thiazole rings is 1. The third-order valence-corrected chi connectivity index (χ3v) is 4.35. The highest BCUT2D eigenvalue weighted by Crippen LogP contribution is 2.12. The van der Waals surface area contributed by atoms with Crippen molar-refractivity contribution in [2.24, 2.45) is 4.99 Å². The second-order valence-corrected chi connectivity index (χ2v) is 6.13. The zero-order chi connectivity index (χ0) is 16.5. The summed E-state index contributed by atoms with van der Waals surface area (Å²) in [5.41, 5.74) is 1.74. The molecule has 5 nitrogen and oxygen atoms in total. The lowest BCUT2D eigenvalue weighted by atomic mass is 10.1. The first kappa shape index (κ1) is 17.0. The monoisotopic (exact) mass is 327 g/mol. The Labute approximate surface area is 141 Å². The number of hydrogen-bond acceptors (Lipinski definition) is 4. The Morgan fingerprint density at radius 2 is 2.04 bits per heavy atom. The molecule has 23 heavy (non-hydrogen) atoms. The van der Waals surface area contributed by atoms with Crippen LogP contribution in [0.5, 0.6) is 0 Å². The van der Waals surface area contributed by atoms with Crippen molar-refractivity contribution in [3.05, 3.63) is 51.5 Å². The number of guanidine groups is 1. The molecule has 0 radical (unpaired) electrons. The number of nitrogens with one attached hydrogen (secondary N) is 2. The standard InChI is InChI=1S/C17H21N5S/c1-3-15-11-20-16(23-15)12-22-17(19-4-2)21-10-14-7-5-13(9-18)6-8-14/h5-8,11H,3-4,10,12H2,1-2H3,(H2,19,21,22). The van der Waals surface area contributed by atoms with E-state index in [-0.39, 0.29) is 0 Å². The van der Waals surface area contributed by atoms with E-state index in [0.717, 1.165) is 29.5 Å². The third-order valence-electron chi connectivity index (χ3n) is 3.20. The molecule has 0 bridgehead atoms. The molecule has 0 saturated heterocycles. The van der Waals surface area contributed by atoms with Gasteiger partial charge in [0.2, 0.25) is 0 Å². The van der Waals surface area contributed by atoms with Gasteiger partial charge >= 0.3 is 0 Å². The summed E-state index contributed by atoms with van der Waals surface area (Å²) in [5.74, 6) is 0.769. The molecule has 0 atom stereocenters. The molecule has 1 aromatic heterocycles. The van der Waals surface area contributed by atoms with Crippen molar-refractivity contribution < 1.29 is 0 Å². The maximum absolute atomic E-state index is 8.81. The van der Waals surface area contributed by atoms with Crippen LogP contribution in [-0.4, -0.2) is 17.5 Å². The summed E-state index contributed by atoms with van der Waals surface area (Å²) in [7, 11) is 0. The molecule has 2 rings (SSSR count). The first-order valence-corrected chi connectivity index (χ1v) is 8.51. The van der Waals surface area contributed by atoms with Gasteiger partial charge in [0.05, 0.1) is 24.7 Å². The van der Waals surface area contributed by atoms with Gasteiger partial charge in [0.1, 0.15) is 5.01 Å². The van der Waals surface area contributed by atoms with Crippen molar-refractivity contribution in [3.8, 4) is 6.07 Å². The van der Waals surface area contributed by atoms with E-state index in [1.165, 1.54) is 4.88 Å². The second-order valence-electron chi connectivity index (χ2n) is 4.93. The van der Waals surface area contributed by atoms with E-state index in [1.807, 2.05) is 37.4 Å². The number of aromatic nitrogens is 1. The van der Waals surface area contributed by atoms with Crippen LogP contribution in [-0.2, 0) is 19.5 Å². The lowest BCUT2D eigenvalue weighted by molar-refractivity contribution is 0.811. The van der Waals surface area contributed by atoms with Crippen molar-refractivity contribution in [2.75, 3.05) is 6.54 Å². The number of benzene rings is 1. The lowest BCUT2D eigenvalue weighted by Crippen LogP contribution is -2.36. The van der Waals surface area contributed by atoms with Crippen LogP contribution in [0, 0.1) is 11.3 Å². The number of nitriles is 1. The van der Waals surface area contributed by atoms with Crippen molar-refractivity contribution >= 4 is 17.3 Å². The number of aliphatic imine (C=N–C) groups is 1. The Bertz CT molecular complexity index is 682. The SMILES string of the molecule is CCNC(=NCc1ccc(C#N)cc1)NCc1ncc(CC)s1. The van der Waals surface area contributed by atoms with Gasteiger partial charge in [0, 0.05) is 17.6 Å². The lowest BCUT2D eigenvalue weighted by Gasteiger charge is -2.10. The highest BCUT2D eigenvalue weighted by molar-refractivity contribution is 7.11. The average Bonchev–Trinajstić information content (AvgIpc) is 3.06. The molecule has 1 aromatic carbocycles. The number of rotatable bonds is 6. The van der Waals surface area contributed by atoms with Gasteiger partial charge in [-0.1, -0.05) is 19.1 Å². The van der Waals surface area contributed by atoms with Crippen LogP contribution >= 0.6 is 11.3 Å². The van der Waals surface area contributed by atoms with Crippen LogP contribution in [0.25, 0.3) is 0 Å². The highest BCUT2D eigenvalue weighted by atomic mass is 32.1. The molecule has 0 spiro atoms. The molecule has 2 aromatic rings. The van der Waals surface area contributed by atoms with Crippen molar-refractivity contribution in [3.63, 3.8) is 0 Å². The first-order chi connectivity index (χ1) is 11.2. The van der Waals surface area contributed by atoms with Gasteiger partial charge in [-0.3, -0.25) is 0 Å². The smallest absolute Gasteiger partial charge is 0.191 e. The highest BCUT2D eigenvalue weighted by Gasteiger charge is 2.03.